The highest BCUT2D eigenvalue weighted by atomic mass is 35.5. The van der Waals surface area contributed by atoms with Crippen molar-refractivity contribution in [2.24, 2.45) is 0 Å². The molecule has 2 amide bonds. The quantitative estimate of drug-likeness (QED) is 0.751. The number of fused-ring (bicyclic) bond motifs is 1. The molecule has 158 valence electrons. The van der Waals surface area contributed by atoms with E-state index in [1.165, 1.54) is 16.4 Å². The zero-order valence-electron chi connectivity index (χ0n) is 15.8. The average molecular weight is 468 g/mol. The normalized spacial score (nSPS) is 19.9. The Morgan fingerprint density at radius 3 is 2.27 bits per heavy atom. The standard InChI is InChI=1S/C20H19Cl2N3O4S/c21-15-5-3-6-16(22)19(15)30(28,29)25-10-8-24(9-11-25)20(27)14-12-18(26)23-17-7-2-1-4-13(14)17/h1-7,14H,8-12H2,(H,23,26)/t14-/m1/s1. The molecule has 2 heterocycles. The smallest absolute Gasteiger partial charge is 0.246 e. The van der Waals surface area contributed by atoms with Crippen LogP contribution in [0.4, 0.5) is 5.69 Å². The highest BCUT2D eigenvalue weighted by molar-refractivity contribution is 7.89. The predicted molar refractivity (Wildman–Crippen MR) is 114 cm³/mol. The molecule has 7 nitrogen and oxygen atoms in total. The average Bonchev–Trinajstić information content (AvgIpc) is 2.72. The van der Waals surface area contributed by atoms with Gasteiger partial charge in [-0.3, -0.25) is 9.59 Å². The molecule has 4 rings (SSSR count). The fraction of sp³-hybridized carbons (Fsp3) is 0.300. The molecule has 1 atom stereocenters. The van der Waals surface area contributed by atoms with Gasteiger partial charge < -0.3 is 10.2 Å². The molecule has 2 aromatic rings. The number of nitrogens with zero attached hydrogens (tertiary/aromatic N) is 2. The van der Waals surface area contributed by atoms with Crippen LogP contribution in [0.25, 0.3) is 0 Å². The molecule has 0 unspecified atom stereocenters. The van der Waals surface area contributed by atoms with Crippen molar-refractivity contribution < 1.29 is 18.0 Å². The maximum atomic E-state index is 13.1. The van der Waals surface area contributed by atoms with Crippen LogP contribution < -0.4 is 5.32 Å². The Labute approximate surface area is 184 Å². The van der Waals surface area contributed by atoms with Crippen molar-refractivity contribution in [2.75, 3.05) is 31.5 Å². The second kappa shape index (κ2) is 8.19. The number of carbonyl (C=O) groups is 2. The molecule has 0 saturated carbocycles. The maximum absolute atomic E-state index is 13.1. The van der Waals surface area contributed by atoms with E-state index in [0.29, 0.717) is 5.69 Å². The maximum Gasteiger partial charge on any atom is 0.246 e. The van der Waals surface area contributed by atoms with Crippen molar-refractivity contribution in [1.82, 2.24) is 9.21 Å². The molecule has 0 bridgehead atoms. The Hall–Kier alpha value is -2.13. The van der Waals surface area contributed by atoms with Crippen molar-refractivity contribution in [3.05, 3.63) is 58.1 Å². The van der Waals surface area contributed by atoms with E-state index < -0.39 is 15.9 Å². The van der Waals surface area contributed by atoms with Crippen LogP contribution in [-0.4, -0.2) is 55.6 Å². The van der Waals surface area contributed by atoms with Crippen molar-refractivity contribution in [2.45, 2.75) is 17.2 Å². The number of halogens is 2. The number of nitrogens with one attached hydrogen (secondary N) is 1. The van der Waals surface area contributed by atoms with Crippen molar-refractivity contribution >= 4 is 50.7 Å². The van der Waals surface area contributed by atoms with Gasteiger partial charge >= 0.3 is 0 Å². The number of anilines is 1. The number of piperazine rings is 1. The van der Waals surface area contributed by atoms with E-state index in [4.69, 9.17) is 23.2 Å². The van der Waals surface area contributed by atoms with Gasteiger partial charge in [-0.1, -0.05) is 47.5 Å². The summed E-state index contributed by atoms with van der Waals surface area (Å²) < 4.78 is 27.3. The monoisotopic (exact) mass is 467 g/mol. The summed E-state index contributed by atoms with van der Waals surface area (Å²) in [7, 11) is -3.89. The highest BCUT2D eigenvalue weighted by Gasteiger charge is 2.37. The summed E-state index contributed by atoms with van der Waals surface area (Å²) in [6.07, 6.45) is 0.0730. The lowest BCUT2D eigenvalue weighted by atomic mass is 9.89. The van der Waals surface area contributed by atoms with Crippen LogP contribution in [-0.2, 0) is 19.6 Å². The van der Waals surface area contributed by atoms with Gasteiger partial charge in [-0.2, -0.15) is 4.31 Å². The third-order valence-corrected chi connectivity index (χ3v) is 8.22. The lowest BCUT2D eigenvalue weighted by Gasteiger charge is -2.37. The van der Waals surface area contributed by atoms with Gasteiger partial charge in [-0.25, -0.2) is 8.42 Å². The Kier molecular flexibility index (Phi) is 5.76. The van der Waals surface area contributed by atoms with Crippen LogP contribution in [0.1, 0.15) is 17.9 Å². The summed E-state index contributed by atoms with van der Waals surface area (Å²) in [4.78, 5) is 26.7. The SMILES string of the molecule is O=C1C[C@@H](C(=O)N2CCN(S(=O)(=O)c3c(Cl)cccc3Cl)CC2)c2ccccc2N1. The van der Waals surface area contributed by atoms with Crippen LogP contribution in [0.3, 0.4) is 0 Å². The molecule has 0 aromatic heterocycles. The van der Waals surface area contributed by atoms with Gasteiger partial charge in [-0.15, -0.1) is 0 Å². The first kappa shape index (κ1) is 21.1. The fourth-order valence-corrected chi connectivity index (χ4v) is 6.37. The summed E-state index contributed by atoms with van der Waals surface area (Å²) in [6.45, 7) is 0.688. The van der Waals surface area contributed by atoms with Gasteiger partial charge in [0.15, 0.2) is 0 Å². The zero-order valence-corrected chi connectivity index (χ0v) is 18.2. The van der Waals surface area contributed by atoms with Gasteiger partial charge in [0.1, 0.15) is 4.90 Å². The molecule has 1 N–H and O–H groups in total. The van der Waals surface area contributed by atoms with E-state index in [2.05, 4.69) is 5.32 Å². The number of para-hydroxylation sites is 1. The molecule has 1 fully saturated rings. The highest BCUT2D eigenvalue weighted by Crippen LogP contribution is 2.35. The molecular formula is C20H19Cl2N3O4S. The fourth-order valence-electron chi connectivity index (χ4n) is 3.86. The molecule has 2 aliphatic rings. The van der Waals surface area contributed by atoms with Gasteiger partial charge in [0.2, 0.25) is 21.8 Å². The number of hydrogen-bond acceptors (Lipinski definition) is 4. The Morgan fingerprint density at radius 2 is 1.60 bits per heavy atom. The number of sulfonamides is 1. The molecule has 30 heavy (non-hydrogen) atoms. The lowest BCUT2D eigenvalue weighted by Crippen LogP contribution is -2.52. The van der Waals surface area contributed by atoms with E-state index in [0.717, 1.165) is 5.56 Å². The molecule has 0 radical (unpaired) electrons. The van der Waals surface area contributed by atoms with Crippen LogP contribution in [0.15, 0.2) is 47.4 Å². The Morgan fingerprint density at radius 1 is 0.967 bits per heavy atom. The molecule has 0 spiro atoms. The van der Waals surface area contributed by atoms with Gasteiger partial charge in [0.05, 0.1) is 16.0 Å². The van der Waals surface area contributed by atoms with Crippen LogP contribution in [0.5, 0.6) is 0 Å². The van der Waals surface area contributed by atoms with Gasteiger partial charge in [0, 0.05) is 38.3 Å². The van der Waals surface area contributed by atoms with Gasteiger partial charge in [0.25, 0.3) is 0 Å². The van der Waals surface area contributed by atoms with E-state index in [1.54, 1.807) is 23.1 Å². The van der Waals surface area contributed by atoms with Gasteiger partial charge in [-0.05, 0) is 23.8 Å². The summed E-state index contributed by atoms with van der Waals surface area (Å²) in [6, 6.07) is 11.8. The second-order valence-electron chi connectivity index (χ2n) is 7.17. The molecule has 2 aromatic carbocycles. The van der Waals surface area contributed by atoms with Crippen molar-refractivity contribution in [1.29, 1.82) is 0 Å². The third kappa shape index (κ3) is 3.80. The first-order valence-corrected chi connectivity index (χ1v) is 11.6. The third-order valence-electron chi connectivity index (χ3n) is 5.37. The van der Waals surface area contributed by atoms with Crippen molar-refractivity contribution in [3.8, 4) is 0 Å². The lowest BCUT2D eigenvalue weighted by molar-refractivity contribution is -0.136. The summed E-state index contributed by atoms with van der Waals surface area (Å²) in [5.41, 5.74) is 1.42. The van der Waals surface area contributed by atoms with Crippen molar-refractivity contribution in [3.63, 3.8) is 0 Å². The predicted octanol–water partition coefficient (Wildman–Crippen LogP) is 2.95. The molecule has 2 aliphatic heterocycles. The zero-order chi connectivity index (χ0) is 21.5. The molecule has 0 aliphatic carbocycles. The molecular weight excluding hydrogens is 449 g/mol. The van der Waals surface area contributed by atoms with E-state index in [-0.39, 0.29) is 59.4 Å². The number of benzene rings is 2. The summed E-state index contributed by atoms with van der Waals surface area (Å²) in [5, 5.41) is 2.90. The van der Waals surface area contributed by atoms with Crippen LogP contribution >= 0.6 is 23.2 Å². The minimum atomic E-state index is -3.89. The minimum absolute atomic E-state index is 0.0610. The summed E-state index contributed by atoms with van der Waals surface area (Å²) >= 11 is 12.2. The molecule has 10 heteroatoms. The van der Waals surface area contributed by atoms with E-state index in [9.17, 15) is 18.0 Å². The topological polar surface area (TPSA) is 86.8 Å². The first-order valence-electron chi connectivity index (χ1n) is 9.41. The number of amides is 2. The first-order chi connectivity index (χ1) is 14.3. The second-order valence-corrected chi connectivity index (χ2v) is 9.86. The van der Waals surface area contributed by atoms with E-state index >= 15 is 0 Å². The van der Waals surface area contributed by atoms with E-state index in [1.807, 2.05) is 12.1 Å². The number of carbonyl (C=O) groups excluding carboxylic acids is 2. The molecule has 1 saturated heterocycles. The van der Waals surface area contributed by atoms with Crippen LogP contribution in [0, 0.1) is 0 Å². The minimum Gasteiger partial charge on any atom is -0.340 e. The number of rotatable bonds is 3. The summed E-state index contributed by atoms with van der Waals surface area (Å²) in [5.74, 6) is -0.956. The Balaban J connectivity index is 1.50. The van der Waals surface area contributed by atoms with Crippen LogP contribution in [0.2, 0.25) is 10.0 Å². The number of hydrogen-bond donors (Lipinski definition) is 1. The Bertz CT molecular complexity index is 1090. The largest absolute Gasteiger partial charge is 0.340 e.